The lowest BCUT2D eigenvalue weighted by Crippen LogP contribution is -2.46. The van der Waals surface area contributed by atoms with E-state index in [1.54, 1.807) is 24.3 Å². The molecule has 0 bridgehead atoms. The highest BCUT2D eigenvalue weighted by atomic mass is 16.5. The number of carbonyl (C=O) groups excluding carboxylic acids is 1. The van der Waals surface area contributed by atoms with Crippen LogP contribution in [0.3, 0.4) is 0 Å². The lowest BCUT2D eigenvalue weighted by atomic mass is 10.1. The van der Waals surface area contributed by atoms with Crippen LogP contribution in [0.2, 0.25) is 0 Å². The predicted octanol–water partition coefficient (Wildman–Crippen LogP) is 2.20. The molecule has 10 heteroatoms. The maximum atomic E-state index is 12.8. The average Bonchev–Trinajstić information content (AvgIpc) is 2.78. The van der Waals surface area contributed by atoms with E-state index < -0.39 is 11.5 Å². The molecule has 0 radical (unpaired) electrons. The lowest BCUT2D eigenvalue weighted by molar-refractivity contribution is -0.00537. The zero-order valence-electron chi connectivity index (χ0n) is 18.3. The van der Waals surface area contributed by atoms with Gasteiger partial charge in [0.2, 0.25) is 0 Å². The number of fused-ring (bicyclic) bond motifs is 1. The number of aromatic nitrogens is 3. The highest BCUT2D eigenvalue weighted by Gasteiger charge is 2.25. The monoisotopic (exact) mass is 439 g/mol. The minimum absolute atomic E-state index is 0.0377. The van der Waals surface area contributed by atoms with Crippen LogP contribution in [0, 0.1) is 0 Å². The molecule has 0 aliphatic carbocycles. The van der Waals surface area contributed by atoms with E-state index >= 15 is 0 Å². The zero-order valence-corrected chi connectivity index (χ0v) is 18.3. The smallest absolute Gasteiger partial charge is 0.273 e. The van der Waals surface area contributed by atoms with E-state index in [9.17, 15) is 9.59 Å². The number of nitrogens with zero attached hydrogens (tertiary/aromatic N) is 3. The van der Waals surface area contributed by atoms with Crippen molar-refractivity contribution >= 4 is 28.4 Å². The quantitative estimate of drug-likeness (QED) is 0.621. The van der Waals surface area contributed by atoms with Crippen molar-refractivity contribution in [2.24, 2.45) is 0 Å². The maximum Gasteiger partial charge on any atom is 0.273 e. The molecular weight excluding hydrogens is 414 g/mol. The number of aromatic amines is 1. The summed E-state index contributed by atoms with van der Waals surface area (Å²) in [6.07, 6.45) is 1.49. The van der Waals surface area contributed by atoms with Crippen LogP contribution in [-0.4, -0.2) is 60.4 Å². The molecule has 168 valence electrons. The fourth-order valence-corrected chi connectivity index (χ4v) is 3.87. The summed E-state index contributed by atoms with van der Waals surface area (Å²) in [6.45, 7) is 5.32. The van der Waals surface area contributed by atoms with Gasteiger partial charge >= 0.3 is 0 Å². The summed E-state index contributed by atoms with van der Waals surface area (Å²) in [5.74, 6) is 1.14. The van der Waals surface area contributed by atoms with E-state index in [1.165, 1.54) is 20.5 Å². The molecule has 2 aromatic heterocycles. The van der Waals surface area contributed by atoms with E-state index in [2.05, 4.69) is 25.2 Å². The van der Waals surface area contributed by atoms with Crippen LogP contribution in [0.5, 0.6) is 11.5 Å². The van der Waals surface area contributed by atoms with Crippen molar-refractivity contribution < 1.29 is 19.0 Å². The summed E-state index contributed by atoms with van der Waals surface area (Å²) in [6, 6.07) is 6.38. The van der Waals surface area contributed by atoms with Crippen LogP contribution in [0.15, 0.2) is 35.4 Å². The summed E-state index contributed by atoms with van der Waals surface area (Å²) >= 11 is 0. The van der Waals surface area contributed by atoms with Crippen LogP contribution in [0.4, 0.5) is 11.5 Å². The summed E-state index contributed by atoms with van der Waals surface area (Å²) in [5, 5.41) is 3.31. The standard InChI is InChI=1S/C22H25N5O5/c1-12-9-27(10-13(2)32-12)20-15-8-16(22(29)26-19(15)23-11-24-20)25-21(28)14-5-6-17(30-3)18(7-14)31-4/h5-8,11-13H,9-10H2,1-4H3,(H,25,28)(H,23,24,26,29). The van der Waals surface area contributed by atoms with Crippen molar-refractivity contribution in [3.8, 4) is 11.5 Å². The fraction of sp³-hybridized carbons (Fsp3) is 0.364. The Hall–Kier alpha value is -3.66. The van der Waals surface area contributed by atoms with Gasteiger partial charge in [-0.05, 0) is 38.1 Å². The van der Waals surface area contributed by atoms with Crippen molar-refractivity contribution in [3.63, 3.8) is 0 Å². The van der Waals surface area contributed by atoms with E-state index in [0.29, 0.717) is 47.0 Å². The summed E-state index contributed by atoms with van der Waals surface area (Å²) in [5.41, 5.74) is 0.362. The molecule has 3 heterocycles. The van der Waals surface area contributed by atoms with Gasteiger partial charge in [-0.25, -0.2) is 9.97 Å². The minimum Gasteiger partial charge on any atom is -0.493 e. The first kappa shape index (κ1) is 21.6. The second kappa shape index (κ2) is 8.83. The number of nitrogens with one attached hydrogen (secondary N) is 2. The Morgan fingerprint density at radius 2 is 1.84 bits per heavy atom. The van der Waals surface area contributed by atoms with Gasteiger partial charge in [0.1, 0.15) is 23.5 Å². The minimum atomic E-state index is -0.459. The Bertz CT molecular complexity index is 1200. The van der Waals surface area contributed by atoms with Crippen LogP contribution in [0.1, 0.15) is 24.2 Å². The number of carbonyl (C=O) groups is 1. The molecular formula is C22H25N5O5. The summed E-state index contributed by atoms with van der Waals surface area (Å²) < 4.78 is 16.3. The van der Waals surface area contributed by atoms with Crippen molar-refractivity contribution in [3.05, 3.63) is 46.5 Å². The van der Waals surface area contributed by atoms with E-state index in [1.807, 2.05) is 13.8 Å². The predicted molar refractivity (Wildman–Crippen MR) is 120 cm³/mol. The van der Waals surface area contributed by atoms with Gasteiger partial charge in [-0.1, -0.05) is 0 Å². The number of hydrogen-bond donors (Lipinski definition) is 2. The van der Waals surface area contributed by atoms with Crippen LogP contribution in [0.25, 0.3) is 11.0 Å². The number of rotatable bonds is 5. The van der Waals surface area contributed by atoms with Gasteiger partial charge in [-0.3, -0.25) is 9.59 Å². The lowest BCUT2D eigenvalue weighted by Gasteiger charge is -2.36. The number of hydrogen-bond acceptors (Lipinski definition) is 8. The average molecular weight is 439 g/mol. The SMILES string of the molecule is COc1ccc(C(=O)Nc2cc3c(N4CC(C)OC(C)C4)ncnc3[nH]c2=O)cc1OC. The van der Waals surface area contributed by atoms with Gasteiger partial charge in [-0.2, -0.15) is 0 Å². The topological polar surface area (TPSA) is 119 Å². The van der Waals surface area contributed by atoms with Crippen LogP contribution >= 0.6 is 0 Å². The van der Waals surface area contributed by atoms with Crippen LogP contribution in [-0.2, 0) is 4.74 Å². The first-order chi connectivity index (χ1) is 15.4. The second-order valence-corrected chi connectivity index (χ2v) is 7.66. The molecule has 0 saturated carbocycles. The molecule has 1 aliphatic heterocycles. The second-order valence-electron chi connectivity index (χ2n) is 7.66. The van der Waals surface area contributed by atoms with E-state index in [4.69, 9.17) is 14.2 Å². The Labute approximate surface area is 184 Å². The maximum absolute atomic E-state index is 12.8. The summed E-state index contributed by atoms with van der Waals surface area (Å²) in [7, 11) is 3.00. The molecule has 2 atom stereocenters. The molecule has 32 heavy (non-hydrogen) atoms. The fourth-order valence-electron chi connectivity index (χ4n) is 3.87. The molecule has 1 amide bonds. The first-order valence-corrected chi connectivity index (χ1v) is 10.2. The van der Waals surface area contributed by atoms with E-state index in [-0.39, 0.29) is 17.9 Å². The van der Waals surface area contributed by atoms with Gasteiger partial charge in [0.15, 0.2) is 11.5 Å². The molecule has 10 nitrogen and oxygen atoms in total. The van der Waals surface area contributed by atoms with Gasteiger partial charge in [-0.15, -0.1) is 0 Å². The summed E-state index contributed by atoms with van der Waals surface area (Å²) in [4.78, 5) is 38.9. The Balaban J connectivity index is 1.68. The Kier molecular flexibility index (Phi) is 5.95. The number of methoxy groups -OCH3 is 2. The number of amides is 1. The molecule has 1 fully saturated rings. The zero-order chi connectivity index (χ0) is 22.8. The molecule has 1 aliphatic rings. The number of morpholine rings is 1. The van der Waals surface area contributed by atoms with Gasteiger partial charge in [0.25, 0.3) is 11.5 Å². The Morgan fingerprint density at radius 1 is 1.12 bits per heavy atom. The number of H-pyrrole nitrogens is 1. The largest absolute Gasteiger partial charge is 0.493 e. The van der Waals surface area contributed by atoms with Gasteiger partial charge in [0.05, 0.1) is 31.8 Å². The van der Waals surface area contributed by atoms with E-state index in [0.717, 1.165) is 0 Å². The molecule has 3 aromatic rings. The van der Waals surface area contributed by atoms with Crippen molar-refractivity contribution in [1.29, 1.82) is 0 Å². The number of ether oxygens (including phenoxy) is 3. The van der Waals surface area contributed by atoms with Gasteiger partial charge in [0, 0.05) is 18.7 Å². The number of benzene rings is 1. The normalized spacial score (nSPS) is 18.4. The molecule has 2 N–H and O–H groups in total. The Morgan fingerprint density at radius 3 is 2.53 bits per heavy atom. The molecule has 2 unspecified atom stereocenters. The third-order valence-corrected chi connectivity index (χ3v) is 5.24. The third-order valence-electron chi connectivity index (χ3n) is 5.24. The first-order valence-electron chi connectivity index (χ1n) is 10.2. The number of pyridine rings is 1. The molecule has 4 rings (SSSR count). The van der Waals surface area contributed by atoms with Gasteiger partial charge < -0.3 is 29.4 Å². The van der Waals surface area contributed by atoms with Crippen LogP contribution < -0.4 is 25.2 Å². The van der Waals surface area contributed by atoms with Crippen molar-refractivity contribution in [2.45, 2.75) is 26.1 Å². The molecule has 1 aromatic carbocycles. The van der Waals surface area contributed by atoms with Crippen molar-refractivity contribution in [1.82, 2.24) is 15.0 Å². The third kappa shape index (κ3) is 4.22. The number of anilines is 2. The molecule has 1 saturated heterocycles. The van der Waals surface area contributed by atoms with Crippen molar-refractivity contribution in [2.75, 3.05) is 37.5 Å². The highest BCUT2D eigenvalue weighted by Crippen LogP contribution is 2.29. The molecule has 0 spiro atoms. The highest BCUT2D eigenvalue weighted by molar-refractivity contribution is 6.05.